The van der Waals surface area contributed by atoms with Crippen LogP contribution in [0.5, 0.6) is 0 Å². The molecule has 140 valence electrons. The van der Waals surface area contributed by atoms with Crippen molar-refractivity contribution in [2.75, 3.05) is 23.8 Å². The van der Waals surface area contributed by atoms with Crippen LogP contribution in [0.2, 0.25) is 5.02 Å². The normalized spacial score (nSPS) is 16.7. The number of carbonyl (C=O) groups excluding carboxylic acids is 1. The number of aromatic nitrogens is 1. The molecule has 4 rings (SSSR count). The maximum atomic E-state index is 13.0. The van der Waals surface area contributed by atoms with Gasteiger partial charge in [-0.1, -0.05) is 35.1 Å². The molecule has 4 nitrogen and oxygen atoms in total. The third-order valence-corrected chi connectivity index (χ3v) is 6.71. The van der Waals surface area contributed by atoms with Crippen LogP contribution in [-0.2, 0) is 9.53 Å². The standard InChI is InChI=1S/C20H19ClN2O2S2/c21-14-7-9-16(10-8-14)26-13-19(24)23(12-15-4-3-11-25-15)20-22-17-5-1-2-6-18(17)27-20/h1-2,5-10,15H,3-4,11-13H2. The molecule has 2 aromatic carbocycles. The van der Waals surface area contributed by atoms with Gasteiger partial charge in [0.1, 0.15) is 0 Å². The number of ether oxygens (including phenoxy) is 1. The average Bonchev–Trinajstić information content (AvgIpc) is 3.34. The van der Waals surface area contributed by atoms with Crippen LogP contribution in [0.4, 0.5) is 5.13 Å². The molecule has 0 spiro atoms. The number of carbonyl (C=O) groups is 1. The van der Waals surface area contributed by atoms with E-state index in [1.807, 2.05) is 48.5 Å². The predicted molar refractivity (Wildman–Crippen MR) is 113 cm³/mol. The average molecular weight is 419 g/mol. The van der Waals surface area contributed by atoms with Gasteiger partial charge in [0.15, 0.2) is 5.13 Å². The van der Waals surface area contributed by atoms with Crippen LogP contribution in [0.25, 0.3) is 10.2 Å². The highest BCUT2D eigenvalue weighted by Gasteiger charge is 2.26. The molecule has 0 bridgehead atoms. The molecular formula is C20H19ClN2O2S2. The molecule has 2 heterocycles. The van der Waals surface area contributed by atoms with Gasteiger partial charge in [-0.2, -0.15) is 0 Å². The smallest absolute Gasteiger partial charge is 0.239 e. The Hall–Kier alpha value is -1.60. The molecule has 7 heteroatoms. The van der Waals surface area contributed by atoms with Crippen molar-refractivity contribution < 1.29 is 9.53 Å². The zero-order valence-electron chi connectivity index (χ0n) is 14.6. The molecule has 1 saturated heterocycles. The van der Waals surface area contributed by atoms with Crippen molar-refractivity contribution in [3.05, 3.63) is 53.6 Å². The van der Waals surface area contributed by atoms with Gasteiger partial charge in [-0.3, -0.25) is 9.69 Å². The molecular weight excluding hydrogens is 400 g/mol. The number of anilines is 1. The lowest BCUT2D eigenvalue weighted by molar-refractivity contribution is -0.116. The number of halogens is 1. The van der Waals surface area contributed by atoms with Crippen LogP contribution in [-0.4, -0.2) is 35.9 Å². The maximum Gasteiger partial charge on any atom is 0.239 e. The van der Waals surface area contributed by atoms with Gasteiger partial charge < -0.3 is 4.74 Å². The Morgan fingerprint density at radius 3 is 2.81 bits per heavy atom. The van der Waals surface area contributed by atoms with Crippen molar-refractivity contribution in [2.45, 2.75) is 23.8 Å². The van der Waals surface area contributed by atoms with Crippen molar-refractivity contribution in [3.63, 3.8) is 0 Å². The van der Waals surface area contributed by atoms with E-state index < -0.39 is 0 Å². The number of fused-ring (bicyclic) bond motifs is 1. The van der Waals surface area contributed by atoms with Crippen LogP contribution in [0, 0.1) is 0 Å². The molecule has 0 N–H and O–H groups in total. The zero-order valence-corrected chi connectivity index (χ0v) is 17.0. The van der Waals surface area contributed by atoms with Crippen LogP contribution < -0.4 is 4.90 Å². The Bertz CT molecular complexity index is 890. The minimum atomic E-state index is 0.0458. The van der Waals surface area contributed by atoms with Crippen molar-refractivity contribution in [1.82, 2.24) is 4.98 Å². The van der Waals surface area contributed by atoms with Crippen molar-refractivity contribution in [2.24, 2.45) is 0 Å². The third kappa shape index (κ3) is 4.63. The number of thiazole rings is 1. The molecule has 1 amide bonds. The Balaban J connectivity index is 1.52. The molecule has 0 aliphatic carbocycles. The predicted octanol–water partition coefficient (Wildman–Crippen LogP) is 5.25. The number of nitrogens with zero attached hydrogens (tertiary/aromatic N) is 2. The monoisotopic (exact) mass is 418 g/mol. The first-order chi connectivity index (χ1) is 13.2. The van der Waals surface area contributed by atoms with Crippen LogP contribution >= 0.6 is 34.7 Å². The van der Waals surface area contributed by atoms with Gasteiger partial charge >= 0.3 is 0 Å². The van der Waals surface area contributed by atoms with E-state index in [1.165, 1.54) is 11.8 Å². The molecule has 1 fully saturated rings. The summed E-state index contributed by atoms with van der Waals surface area (Å²) in [7, 11) is 0. The van der Waals surface area contributed by atoms with Gasteiger partial charge in [-0.05, 0) is 49.2 Å². The zero-order chi connectivity index (χ0) is 18.6. The van der Waals surface area contributed by atoms with Gasteiger partial charge in [-0.25, -0.2) is 4.98 Å². The lowest BCUT2D eigenvalue weighted by atomic mass is 10.2. The van der Waals surface area contributed by atoms with Gasteiger partial charge in [0.05, 0.1) is 28.6 Å². The number of thioether (sulfide) groups is 1. The summed E-state index contributed by atoms with van der Waals surface area (Å²) in [5, 5.41) is 1.44. The summed E-state index contributed by atoms with van der Waals surface area (Å²) in [6.07, 6.45) is 2.12. The SMILES string of the molecule is O=C(CSc1ccc(Cl)cc1)N(CC1CCCO1)c1nc2ccccc2s1. The minimum Gasteiger partial charge on any atom is -0.376 e. The van der Waals surface area contributed by atoms with E-state index >= 15 is 0 Å². The van der Waals surface area contributed by atoms with E-state index in [2.05, 4.69) is 4.98 Å². The number of hydrogen-bond donors (Lipinski definition) is 0. The highest BCUT2D eigenvalue weighted by molar-refractivity contribution is 8.00. The van der Waals surface area contributed by atoms with E-state index in [-0.39, 0.29) is 12.0 Å². The Labute approximate surface area is 171 Å². The van der Waals surface area contributed by atoms with Gasteiger partial charge in [0.2, 0.25) is 5.91 Å². The largest absolute Gasteiger partial charge is 0.376 e. The Morgan fingerprint density at radius 2 is 2.07 bits per heavy atom. The fourth-order valence-electron chi connectivity index (χ4n) is 3.01. The molecule has 0 saturated carbocycles. The van der Waals surface area contributed by atoms with Gasteiger partial charge in [-0.15, -0.1) is 11.8 Å². The fraction of sp³-hybridized carbons (Fsp3) is 0.300. The number of rotatable bonds is 6. The highest BCUT2D eigenvalue weighted by Crippen LogP contribution is 2.31. The molecule has 1 unspecified atom stereocenters. The first-order valence-electron chi connectivity index (χ1n) is 8.85. The van der Waals surface area contributed by atoms with E-state index in [4.69, 9.17) is 16.3 Å². The molecule has 1 aliphatic heterocycles. The molecule has 0 radical (unpaired) electrons. The van der Waals surface area contributed by atoms with Crippen molar-refractivity contribution in [1.29, 1.82) is 0 Å². The lowest BCUT2D eigenvalue weighted by Crippen LogP contribution is -2.38. The second-order valence-electron chi connectivity index (χ2n) is 6.35. The minimum absolute atomic E-state index is 0.0458. The first-order valence-corrected chi connectivity index (χ1v) is 11.0. The maximum absolute atomic E-state index is 13.0. The molecule has 1 aromatic heterocycles. The summed E-state index contributed by atoms with van der Waals surface area (Å²) >= 11 is 9.00. The van der Waals surface area contributed by atoms with E-state index in [0.29, 0.717) is 17.3 Å². The Kier molecular flexibility index (Phi) is 5.98. The van der Waals surface area contributed by atoms with Crippen LogP contribution in [0.1, 0.15) is 12.8 Å². The van der Waals surface area contributed by atoms with Crippen LogP contribution in [0.15, 0.2) is 53.4 Å². The molecule has 1 atom stereocenters. The molecule has 1 aliphatic rings. The summed E-state index contributed by atoms with van der Waals surface area (Å²) in [5.74, 6) is 0.397. The number of amides is 1. The number of benzene rings is 2. The number of hydrogen-bond acceptors (Lipinski definition) is 5. The molecule has 27 heavy (non-hydrogen) atoms. The van der Waals surface area contributed by atoms with E-state index in [1.54, 1.807) is 16.2 Å². The summed E-state index contributed by atoms with van der Waals surface area (Å²) in [4.78, 5) is 20.5. The van der Waals surface area contributed by atoms with Crippen molar-refractivity contribution in [3.8, 4) is 0 Å². The second-order valence-corrected chi connectivity index (χ2v) is 8.84. The number of para-hydroxylation sites is 1. The second kappa shape index (κ2) is 8.61. The summed E-state index contributed by atoms with van der Waals surface area (Å²) in [5.41, 5.74) is 0.924. The highest BCUT2D eigenvalue weighted by atomic mass is 35.5. The fourth-order valence-corrected chi connectivity index (χ4v) is 4.90. The summed E-state index contributed by atoms with van der Waals surface area (Å²) in [6.45, 7) is 1.33. The van der Waals surface area contributed by atoms with E-state index in [0.717, 1.165) is 39.7 Å². The van der Waals surface area contributed by atoms with E-state index in [9.17, 15) is 4.79 Å². The summed E-state index contributed by atoms with van der Waals surface area (Å²) < 4.78 is 6.85. The quantitative estimate of drug-likeness (QED) is 0.512. The van der Waals surface area contributed by atoms with Gasteiger partial charge in [0.25, 0.3) is 0 Å². The third-order valence-electron chi connectivity index (χ3n) is 4.40. The summed E-state index contributed by atoms with van der Waals surface area (Å²) in [6, 6.07) is 15.5. The van der Waals surface area contributed by atoms with Gasteiger partial charge in [0, 0.05) is 16.5 Å². The first kappa shape index (κ1) is 18.7. The van der Waals surface area contributed by atoms with Crippen LogP contribution in [0.3, 0.4) is 0 Å². The molecule has 3 aromatic rings. The lowest BCUT2D eigenvalue weighted by Gasteiger charge is -2.23. The topological polar surface area (TPSA) is 42.4 Å². The van der Waals surface area contributed by atoms with Crippen molar-refractivity contribution >= 4 is 56.0 Å². The Morgan fingerprint density at radius 1 is 1.26 bits per heavy atom.